The molecule has 1 N–H and O–H groups in total. The van der Waals surface area contributed by atoms with Crippen LogP contribution in [0, 0.1) is 10.1 Å². The molecule has 0 bridgehead atoms. The summed E-state index contributed by atoms with van der Waals surface area (Å²) in [4.78, 5) is 27.3. The summed E-state index contributed by atoms with van der Waals surface area (Å²) in [6.45, 7) is -0.215. The number of rotatable bonds is 9. The average molecular weight is 418 g/mol. The topological polar surface area (TPSA) is 99.3 Å². The minimum atomic E-state index is -1.14. The molecular weight excluding hydrogens is 398 g/mol. The van der Waals surface area contributed by atoms with E-state index in [2.05, 4.69) is 10.3 Å². The molecule has 0 unspecified atom stereocenters. The van der Waals surface area contributed by atoms with Crippen LogP contribution in [0.15, 0.2) is 48.8 Å². The second-order valence-corrected chi connectivity index (χ2v) is 6.68. The Hall–Kier alpha value is -3.56. The van der Waals surface area contributed by atoms with E-state index < -0.39 is 24.4 Å². The van der Waals surface area contributed by atoms with Gasteiger partial charge >= 0.3 is 0 Å². The molecule has 158 valence electrons. The number of nitro benzene ring substituents is 1. The van der Waals surface area contributed by atoms with Gasteiger partial charge in [0.1, 0.15) is 31.2 Å². The SMILES string of the molecule is C[C@H](NC(=O)Cn1cnc2cccc([N+](=O)[O-])c21)c1ccc(OC(CF)CF)cc1. The van der Waals surface area contributed by atoms with Crippen LogP contribution in [0.4, 0.5) is 14.5 Å². The van der Waals surface area contributed by atoms with Crippen LogP contribution in [0.5, 0.6) is 5.75 Å². The molecule has 0 spiro atoms. The molecular formula is C20H20F2N4O4. The molecule has 0 aliphatic carbocycles. The lowest BCUT2D eigenvalue weighted by atomic mass is 10.1. The van der Waals surface area contributed by atoms with Crippen LogP contribution in [0.3, 0.4) is 0 Å². The Morgan fingerprint density at radius 3 is 2.57 bits per heavy atom. The van der Waals surface area contributed by atoms with Crippen molar-refractivity contribution in [3.8, 4) is 5.75 Å². The van der Waals surface area contributed by atoms with Crippen molar-refractivity contribution in [3.63, 3.8) is 0 Å². The lowest BCUT2D eigenvalue weighted by Gasteiger charge is -2.16. The zero-order valence-corrected chi connectivity index (χ0v) is 16.1. The fraction of sp³-hybridized carbons (Fsp3) is 0.300. The minimum Gasteiger partial charge on any atom is -0.485 e. The van der Waals surface area contributed by atoms with Crippen molar-refractivity contribution in [2.45, 2.75) is 25.6 Å². The Bertz CT molecular complexity index is 1030. The van der Waals surface area contributed by atoms with Crippen molar-refractivity contribution in [3.05, 3.63) is 64.5 Å². The number of ether oxygens (including phenoxy) is 1. The number of carbonyl (C=O) groups is 1. The number of benzene rings is 2. The number of nitrogens with zero attached hydrogens (tertiary/aromatic N) is 3. The van der Waals surface area contributed by atoms with Gasteiger partial charge in [-0.3, -0.25) is 14.9 Å². The number of imidazole rings is 1. The van der Waals surface area contributed by atoms with Crippen LogP contribution < -0.4 is 10.1 Å². The molecule has 8 nitrogen and oxygen atoms in total. The van der Waals surface area contributed by atoms with Crippen molar-refractivity contribution < 1.29 is 23.2 Å². The van der Waals surface area contributed by atoms with E-state index in [4.69, 9.17) is 4.74 Å². The zero-order valence-electron chi connectivity index (χ0n) is 16.1. The van der Waals surface area contributed by atoms with Gasteiger partial charge in [0.2, 0.25) is 5.91 Å². The molecule has 1 amide bonds. The number of alkyl halides is 2. The van der Waals surface area contributed by atoms with Gasteiger partial charge < -0.3 is 14.6 Å². The summed E-state index contributed by atoms with van der Waals surface area (Å²) >= 11 is 0. The summed E-state index contributed by atoms with van der Waals surface area (Å²) in [5.41, 5.74) is 1.35. The van der Waals surface area contributed by atoms with E-state index in [1.54, 1.807) is 37.3 Å². The summed E-state index contributed by atoms with van der Waals surface area (Å²) in [6, 6.07) is 10.7. The molecule has 10 heteroatoms. The maximum absolute atomic E-state index is 12.6. The summed E-state index contributed by atoms with van der Waals surface area (Å²) in [7, 11) is 0. The van der Waals surface area contributed by atoms with Crippen LogP contribution in [0.1, 0.15) is 18.5 Å². The highest BCUT2D eigenvalue weighted by atomic mass is 19.1. The number of carbonyl (C=O) groups excluding carboxylic acids is 1. The highest BCUT2D eigenvalue weighted by Crippen LogP contribution is 2.24. The van der Waals surface area contributed by atoms with Gasteiger partial charge in [-0.25, -0.2) is 13.8 Å². The van der Waals surface area contributed by atoms with Gasteiger partial charge in [-0.15, -0.1) is 0 Å². The number of nitrogens with one attached hydrogen (secondary N) is 1. The van der Waals surface area contributed by atoms with Crippen LogP contribution in [-0.4, -0.2) is 39.8 Å². The predicted molar refractivity (Wildman–Crippen MR) is 106 cm³/mol. The number of halogens is 2. The van der Waals surface area contributed by atoms with Crippen molar-refractivity contribution in [2.24, 2.45) is 0 Å². The molecule has 2 aromatic carbocycles. The standard InChI is InChI=1S/C20H20F2N4O4/c1-13(14-5-7-15(8-6-14)30-16(9-21)10-22)24-19(27)11-25-12-23-17-3-2-4-18(20(17)25)26(28)29/h2-8,12-13,16H,9-11H2,1H3,(H,24,27)/t13-/m0/s1. The summed E-state index contributed by atoms with van der Waals surface area (Å²) in [5, 5.41) is 14.1. The van der Waals surface area contributed by atoms with Gasteiger partial charge in [-0.1, -0.05) is 18.2 Å². The monoisotopic (exact) mass is 418 g/mol. The van der Waals surface area contributed by atoms with E-state index in [0.717, 1.165) is 5.56 Å². The number of amides is 1. The number of hydrogen-bond donors (Lipinski definition) is 1. The Labute approximate surface area is 170 Å². The molecule has 0 saturated carbocycles. The Balaban J connectivity index is 1.67. The fourth-order valence-corrected chi connectivity index (χ4v) is 3.03. The first-order chi connectivity index (χ1) is 14.4. The molecule has 1 heterocycles. The van der Waals surface area contributed by atoms with E-state index in [1.165, 1.54) is 23.0 Å². The first-order valence-corrected chi connectivity index (χ1v) is 9.19. The normalized spacial score (nSPS) is 12.1. The molecule has 3 rings (SSSR count). The third-order valence-electron chi connectivity index (χ3n) is 4.53. The maximum Gasteiger partial charge on any atom is 0.295 e. The van der Waals surface area contributed by atoms with Gasteiger partial charge in [0, 0.05) is 6.07 Å². The zero-order chi connectivity index (χ0) is 21.7. The largest absolute Gasteiger partial charge is 0.485 e. The van der Waals surface area contributed by atoms with Gasteiger partial charge in [0.05, 0.1) is 22.8 Å². The number of nitro groups is 1. The van der Waals surface area contributed by atoms with Crippen molar-refractivity contribution in [1.29, 1.82) is 0 Å². The molecule has 1 aromatic heterocycles. The fourth-order valence-electron chi connectivity index (χ4n) is 3.03. The van der Waals surface area contributed by atoms with Crippen molar-refractivity contribution in [2.75, 3.05) is 13.3 Å². The molecule has 1 atom stereocenters. The van der Waals surface area contributed by atoms with Crippen LogP contribution in [0.25, 0.3) is 11.0 Å². The van der Waals surface area contributed by atoms with E-state index >= 15 is 0 Å². The first-order valence-electron chi connectivity index (χ1n) is 9.19. The first kappa shape index (κ1) is 21.2. The Kier molecular flexibility index (Phi) is 6.55. The molecule has 0 fully saturated rings. The van der Waals surface area contributed by atoms with E-state index in [9.17, 15) is 23.7 Å². The van der Waals surface area contributed by atoms with E-state index in [1.807, 2.05) is 0 Å². The molecule has 30 heavy (non-hydrogen) atoms. The lowest BCUT2D eigenvalue weighted by Crippen LogP contribution is -2.30. The molecule has 0 aliphatic rings. The third-order valence-corrected chi connectivity index (χ3v) is 4.53. The number of hydrogen-bond acceptors (Lipinski definition) is 5. The van der Waals surface area contributed by atoms with Gasteiger partial charge in [0.15, 0.2) is 6.10 Å². The quantitative estimate of drug-likeness (QED) is 0.424. The lowest BCUT2D eigenvalue weighted by molar-refractivity contribution is -0.383. The summed E-state index contributed by atoms with van der Waals surface area (Å²) in [6.07, 6.45) is 0.252. The number of para-hydroxylation sites is 1. The minimum absolute atomic E-state index is 0.124. The Morgan fingerprint density at radius 2 is 1.93 bits per heavy atom. The Morgan fingerprint density at radius 1 is 1.23 bits per heavy atom. The summed E-state index contributed by atoms with van der Waals surface area (Å²) < 4.78 is 31.7. The highest BCUT2D eigenvalue weighted by molar-refractivity contribution is 5.87. The van der Waals surface area contributed by atoms with Crippen LogP contribution in [-0.2, 0) is 11.3 Å². The van der Waals surface area contributed by atoms with Crippen LogP contribution >= 0.6 is 0 Å². The number of aromatic nitrogens is 2. The molecule has 0 radical (unpaired) electrons. The molecule has 3 aromatic rings. The van der Waals surface area contributed by atoms with Gasteiger partial charge in [0.25, 0.3) is 5.69 Å². The summed E-state index contributed by atoms with van der Waals surface area (Å²) in [5.74, 6) is -0.0232. The smallest absolute Gasteiger partial charge is 0.295 e. The van der Waals surface area contributed by atoms with Crippen molar-refractivity contribution in [1.82, 2.24) is 14.9 Å². The molecule has 0 saturated heterocycles. The third kappa shape index (κ3) is 4.70. The highest BCUT2D eigenvalue weighted by Gasteiger charge is 2.19. The second-order valence-electron chi connectivity index (χ2n) is 6.68. The van der Waals surface area contributed by atoms with Gasteiger partial charge in [-0.2, -0.15) is 0 Å². The number of non-ortho nitro benzene ring substituents is 1. The predicted octanol–water partition coefficient (Wildman–Crippen LogP) is 3.51. The average Bonchev–Trinajstić information content (AvgIpc) is 3.15. The van der Waals surface area contributed by atoms with Crippen LogP contribution in [0.2, 0.25) is 0 Å². The van der Waals surface area contributed by atoms with Gasteiger partial charge in [-0.05, 0) is 30.7 Å². The molecule has 0 aliphatic heterocycles. The van der Waals surface area contributed by atoms with E-state index in [-0.39, 0.29) is 29.7 Å². The van der Waals surface area contributed by atoms with Crippen molar-refractivity contribution >= 4 is 22.6 Å². The maximum atomic E-state index is 12.6. The number of fused-ring (bicyclic) bond motifs is 1. The van der Waals surface area contributed by atoms with E-state index in [0.29, 0.717) is 11.3 Å². The second kappa shape index (κ2) is 9.29.